The number of hydrogen-bond acceptors (Lipinski definition) is 4. The van der Waals surface area contributed by atoms with E-state index in [1.54, 1.807) is 12.1 Å². The standard InChI is InChI=1S/C19H29ClN4O2/c1-3-4-9-22(2)19(26)15-24-12-10-23(11-13-24)14-18(25)21-17-8-6-5-7-16(17)20/h5-8H,3-4,9-15H2,1-2H3,(H,21,25). The van der Waals surface area contributed by atoms with Gasteiger partial charge < -0.3 is 10.2 Å². The van der Waals surface area contributed by atoms with Crippen molar-refractivity contribution in [3.63, 3.8) is 0 Å². The number of hydrogen-bond donors (Lipinski definition) is 1. The van der Waals surface area contributed by atoms with Gasteiger partial charge in [0.05, 0.1) is 23.8 Å². The van der Waals surface area contributed by atoms with Crippen LogP contribution in [0.3, 0.4) is 0 Å². The van der Waals surface area contributed by atoms with Crippen LogP contribution in [0.5, 0.6) is 0 Å². The lowest BCUT2D eigenvalue weighted by atomic mass is 10.2. The second kappa shape index (κ2) is 10.5. The van der Waals surface area contributed by atoms with Gasteiger partial charge in [0.2, 0.25) is 11.8 Å². The molecule has 1 N–H and O–H groups in total. The first-order valence-electron chi connectivity index (χ1n) is 9.22. The Morgan fingerprint density at radius 2 is 1.73 bits per heavy atom. The molecule has 7 heteroatoms. The minimum absolute atomic E-state index is 0.0677. The summed E-state index contributed by atoms with van der Waals surface area (Å²) in [6.07, 6.45) is 2.13. The number of nitrogens with one attached hydrogen (secondary N) is 1. The van der Waals surface area contributed by atoms with E-state index in [1.165, 1.54) is 0 Å². The number of likely N-dealkylation sites (N-methyl/N-ethyl adjacent to an activating group) is 1. The van der Waals surface area contributed by atoms with E-state index in [-0.39, 0.29) is 11.8 Å². The van der Waals surface area contributed by atoms with Crippen LogP contribution >= 0.6 is 11.6 Å². The van der Waals surface area contributed by atoms with Crippen LogP contribution in [0.4, 0.5) is 5.69 Å². The molecule has 0 aliphatic carbocycles. The molecule has 6 nitrogen and oxygen atoms in total. The maximum absolute atomic E-state index is 12.2. The zero-order valence-electron chi connectivity index (χ0n) is 15.7. The minimum atomic E-state index is -0.0677. The van der Waals surface area contributed by atoms with Crippen molar-refractivity contribution in [2.24, 2.45) is 0 Å². The molecule has 1 aromatic carbocycles. The Bertz CT molecular complexity index is 603. The monoisotopic (exact) mass is 380 g/mol. The first kappa shape index (κ1) is 20.7. The summed E-state index contributed by atoms with van der Waals surface area (Å²) in [5.74, 6) is 0.102. The average Bonchev–Trinajstić information content (AvgIpc) is 2.63. The van der Waals surface area contributed by atoms with E-state index in [0.29, 0.717) is 23.8 Å². The molecular formula is C19H29ClN4O2. The third-order valence-corrected chi connectivity index (χ3v) is 4.94. The topological polar surface area (TPSA) is 55.9 Å². The number of rotatable bonds is 8. The molecule has 0 aromatic heterocycles. The molecule has 1 heterocycles. The second-order valence-corrected chi connectivity index (χ2v) is 7.16. The van der Waals surface area contributed by atoms with E-state index in [2.05, 4.69) is 22.0 Å². The number of carbonyl (C=O) groups is 2. The van der Waals surface area contributed by atoms with Crippen LogP contribution in [0.2, 0.25) is 5.02 Å². The summed E-state index contributed by atoms with van der Waals surface area (Å²) in [6.45, 7) is 6.89. The number of nitrogens with zero attached hydrogens (tertiary/aromatic N) is 3. The lowest BCUT2D eigenvalue weighted by Crippen LogP contribution is -2.51. The van der Waals surface area contributed by atoms with Crippen molar-refractivity contribution in [3.8, 4) is 0 Å². The predicted octanol–water partition coefficient (Wildman–Crippen LogP) is 2.15. The molecule has 0 bridgehead atoms. The molecule has 1 aromatic rings. The zero-order valence-corrected chi connectivity index (χ0v) is 16.5. The van der Waals surface area contributed by atoms with E-state index in [0.717, 1.165) is 45.6 Å². The van der Waals surface area contributed by atoms with Gasteiger partial charge in [0, 0.05) is 39.8 Å². The van der Waals surface area contributed by atoms with Crippen LogP contribution in [0.25, 0.3) is 0 Å². The smallest absolute Gasteiger partial charge is 0.238 e. The third kappa shape index (κ3) is 6.59. The Morgan fingerprint density at radius 3 is 2.35 bits per heavy atom. The Kier molecular flexibility index (Phi) is 8.35. The lowest BCUT2D eigenvalue weighted by molar-refractivity contribution is -0.131. The maximum Gasteiger partial charge on any atom is 0.238 e. The average molecular weight is 381 g/mol. The summed E-state index contributed by atoms with van der Waals surface area (Å²) in [5, 5.41) is 3.39. The van der Waals surface area contributed by atoms with Crippen LogP contribution in [0.1, 0.15) is 19.8 Å². The van der Waals surface area contributed by atoms with Crippen molar-refractivity contribution in [2.45, 2.75) is 19.8 Å². The van der Waals surface area contributed by atoms with Gasteiger partial charge >= 0.3 is 0 Å². The highest BCUT2D eigenvalue weighted by molar-refractivity contribution is 6.33. The largest absolute Gasteiger partial charge is 0.345 e. The van der Waals surface area contributed by atoms with Gasteiger partial charge in [-0.25, -0.2) is 0 Å². The number of piperazine rings is 1. The van der Waals surface area contributed by atoms with Crippen LogP contribution < -0.4 is 5.32 Å². The van der Waals surface area contributed by atoms with Gasteiger partial charge in [-0.3, -0.25) is 19.4 Å². The summed E-state index contributed by atoms with van der Waals surface area (Å²) in [7, 11) is 1.87. The number of amides is 2. The zero-order chi connectivity index (χ0) is 18.9. The summed E-state index contributed by atoms with van der Waals surface area (Å²) < 4.78 is 0. The Hall–Kier alpha value is -1.63. The second-order valence-electron chi connectivity index (χ2n) is 6.75. The molecule has 1 aliphatic rings. The van der Waals surface area contributed by atoms with Gasteiger partial charge in [-0.15, -0.1) is 0 Å². The SMILES string of the molecule is CCCCN(C)C(=O)CN1CCN(CC(=O)Nc2ccccc2Cl)CC1. The van der Waals surface area contributed by atoms with Crippen molar-refractivity contribution < 1.29 is 9.59 Å². The third-order valence-electron chi connectivity index (χ3n) is 4.61. The van der Waals surface area contributed by atoms with Gasteiger partial charge in [-0.2, -0.15) is 0 Å². The number of unbranched alkanes of at least 4 members (excludes halogenated alkanes) is 1. The van der Waals surface area contributed by atoms with Gasteiger partial charge in [0.15, 0.2) is 0 Å². The highest BCUT2D eigenvalue weighted by Gasteiger charge is 2.21. The molecule has 0 radical (unpaired) electrons. The van der Waals surface area contributed by atoms with Crippen LogP contribution in [0, 0.1) is 0 Å². The van der Waals surface area contributed by atoms with Crippen molar-refractivity contribution in [1.29, 1.82) is 0 Å². The van der Waals surface area contributed by atoms with Gasteiger partial charge in [-0.1, -0.05) is 37.1 Å². The molecule has 0 unspecified atom stereocenters. The van der Waals surface area contributed by atoms with E-state index in [4.69, 9.17) is 11.6 Å². The highest BCUT2D eigenvalue weighted by atomic mass is 35.5. The van der Waals surface area contributed by atoms with Crippen LogP contribution in [-0.4, -0.2) is 79.4 Å². The molecule has 144 valence electrons. The molecule has 1 fully saturated rings. The number of anilines is 1. The highest BCUT2D eigenvalue weighted by Crippen LogP contribution is 2.20. The molecule has 1 aliphatic heterocycles. The van der Waals surface area contributed by atoms with Crippen LogP contribution in [0.15, 0.2) is 24.3 Å². The molecule has 1 saturated heterocycles. The Labute approximate surface area is 161 Å². The molecule has 0 atom stereocenters. The molecule has 0 spiro atoms. The Morgan fingerprint density at radius 1 is 1.12 bits per heavy atom. The minimum Gasteiger partial charge on any atom is -0.345 e. The lowest BCUT2D eigenvalue weighted by Gasteiger charge is -2.34. The first-order chi connectivity index (χ1) is 12.5. The molecule has 2 amide bonds. The molecule has 26 heavy (non-hydrogen) atoms. The van der Waals surface area contributed by atoms with Gasteiger partial charge in [-0.05, 0) is 18.6 Å². The predicted molar refractivity (Wildman–Crippen MR) is 106 cm³/mol. The summed E-state index contributed by atoms with van der Waals surface area (Å²) in [5.41, 5.74) is 0.638. The Balaban J connectivity index is 1.70. The number of halogens is 1. The van der Waals surface area contributed by atoms with Gasteiger partial charge in [0.1, 0.15) is 0 Å². The van der Waals surface area contributed by atoms with Crippen molar-refractivity contribution >= 4 is 29.1 Å². The van der Waals surface area contributed by atoms with E-state index < -0.39 is 0 Å². The number of carbonyl (C=O) groups excluding carboxylic acids is 2. The van der Waals surface area contributed by atoms with E-state index in [1.807, 2.05) is 24.1 Å². The molecule has 0 saturated carbocycles. The fourth-order valence-electron chi connectivity index (χ4n) is 2.89. The quantitative estimate of drug-likeness (QED) is 0.750. The van der Waals surface area contributed by atoms with Gasteiger partial charge in [0.25, 0.3) is 0 Å². The molecule has 2 rings (SSSR count). The van der Waals surface area contributed by atoms with Crippen molar-refractivity contribution in [3.05, 3.63) is 29.3 Å². The fourth-order valence-corrected chi connectivity index (χ4v) is 3.08. The van der Waals surface area contributed by atoms with Crippen molar-refractivity contribution in [2.75, 3.05) is 58.2 Å². The molecular weight excluding hydrogens is 352 g/mol. The van der Waals surface area contributed by atoms with Crippen LogP contribution in [-0.2, 0) is 9.59 Å². The number of para-hydroxylation sites is 1. The summed E-state index contributed by atoms with van der Waals surface area (Å²) >= 11 is 6.06. The summed E-state index contributed by atoms with van der Waals surface area (Å²) in [6, 6.07) is 7.22. The summed E-state index contributed by atoms with van der Waals surface area (Å²) in [4.78, 5) is 30.5. The normalized spacial score (nSPS) is 15.7. The van der Waals surface area contributed by atoms with E-state index >= 15 is 0 Å². The maximum atomic E-state index is 12.2. The fraction of sp³-hybridized carbons (Fsp3) is 0.579. The van der Waals surface area contributed by atoms with E-state index in [9.17, 15) is 9.59 Å². The van der Waals surface area contributed by atoms with Crippen molar-refractivity contribution in [1.82, 2.24) is 14.7 Å². The first-order valence-corrected chi connectivity index (χ1v) is 9.60. The number of benzene rings is 1.